The van der Waals surface area contributed by atoms with Crippen molar-refractivity contribution in [1.29, 1.82) is 0 Å². The highest BCUT2D eigenvalue weighted by Crippen LogP contribution is 2.50. The fraction of sp³-hybridized carbons (Fsp3) is 0.231. The summed E-state index contributed by atoms with van der Waals surface area (Å²) in [4.78, 5) is 53.0. The van der Waals surface area contributed by atoms with Gasteiger partial charge in [-0.2, -0.15) is 0 Å². The summed E-state index contributed by atoms with van der Waals surface area (Å²) in [5.41, 5.74) is 0.177. The van der Waals surface area contributed by atoms with Gasteiger partial charge in [0.05, 0.1) is 24.8 Å². The van der Waals surface area contributed by atoms with Crippen LogP contribution in [0.25, 0.3) is 0 Å². The molecule has 2 saturated heterocycles. The van der Waals surface area contributed by atoms with E-state index in [-0.39, 0.29) is 18.7 Å². The largest absolute Gasteiger partial charge is 0.479 e. The van der Waals surface area contributed by atoms with Gasteiger partial charge in [0.2, 0.25) is 5.54 Å². The average molecular weight is 474 g/mol. The van der Waals surface area contributed by atoms with Crippen molar-refractivity contribution in [3.63, 3.8) is 0 Å². The van der Waals surface area contributed by atoms with Crippen LogP contribution < -0.4 is 0 Å². The van der Waals surface area contributed by atoms with Crippen LogP contribution in [0.5, 0.6) is 0 Å². The summed E-state index contributed by atoms with van der Waals surface area (Å²) < 4.78 is 10.7. The molecule has 5 rings (SSSR count). The molecule has 0 radical (unpaired) electrons. The van der Waals surface area contributed by atoms with Crippen LogP contribution >= 0.6 is 0 Å². The van der Waals surface area contributed by atoms with Gasteiger partial charge < -0.3 is 19.5 Å². The summed E-state index contributed by atoms with van der Waals surface area (Å²) in [7, 11) is 1.25. The number of carboxylic acids is 1. The van der Waals surface area contributed by atoms with E-state index in [0.29, 0.717) is 23.2 Å². The van der Waals surface area contributed by atoms with Crippen molar-refractivity contribution in [2.45, 2.75) is 24.6 Å². The predicted molar refractivity (Wildman–Crippen MR) is 122 cm³/mol. The molecule has 2 aromatic rings. The number of aliphatic carboxylic acids is 1. The van der Waals surface area contributed by atoms with Crippen molar-refractivity contribution in [2.24, 2.45) is 0 Å². The van der Waals surface area contributed by atoms with Gasteiger partial charge in [0.25, 0.3) is 11.8 Å². The number of imide groups is 1. The molecule has 2 aromatic carbocycles. The lowest BCUT2D eigenvalue weighted by molar-refractivity contribution is -0.150. The van der Waals surface area contributed by atoms with Gasteiger partial charge in [-0.25, -0.2) is 9.59 Å². The van der Waals surface area contributed by atoms with Crippen molar-refractivity contribution < 1.29 is 33.8 Å². The Morgan fingerprint density at radius 3 is 2.31 bits per heavy atom. The van der Waals surface area contributed by atoms with E-state index in [9.17, 15) is 24.3 Å². The van der Waals surface area contributed by atoms with Crippen LogP contribution in [0.1, 0.15) is 32.7 Å². The van der Waals surface area contributed by atoms with Crippen LogP contribution in [-0.4, -0.2) is 64.1 Å². The molecular formula is C26H22N2O7. The highest BCUT2D eigenvalue weighted by Gasteiger charge is 2.63. The molecule has 178 valence electrons. The first-order chi connectivity index (χ1) is 16.9. The normalized spacial score (nSPS) is 24.8. The highest BCUT2D eigenvalue weighted by atomic mass is 16.5. The maximum atomic E-state index is 12.9. The van der Waals surface area contributed by atoms with Gasteiger partial charge in [-0.15, -0.1) is 0 Å². The lowest BCUT2D eigenvalue weighted by Gasteiger charge is -2.44. The van der Waals surface area contributed by atoms with Gasteiger partial charge in [-0.1, -0.05) is 42.5 Å². The second-order valence-corrected chi connectivity index (χ2v) is 8.47. The van der Waals surface area contributed by atoms with E-state index in [1.54, 1.807) is 29.2 Å². The Hall–Kier alpha value is -4.40. The molecular weight excluding hydrogens is 452 g/mol. The molecule has 3 aliphatic rings. The maximum Gasteiger partial charge on any atom is 0.338 e. The molecule has 0 saturated carbocycles. The molecule has 9 heteroatoms. The van der Waals surface area contributed by atoms with Gasteiger partial charge in [-0.05, 0) is 23.8 Å². The first kappa shape index (κ1) is 22.4. The summed E-state index contributed by atoms with van der Waals surface area (Å²) in [6, 6.07) is 15.6. The summed E-state index contributed by atoms with van der Waals surface area (Å²) in [5, 5.41) is 10.5. The summed E-state index contributed by atoms with van der Waals surface area (Å²) in [5.74, 6) is -2.55. The van der Waals surface area contributed by atoms with Crippen LogP contribution in [0.3, 0.4) is 0 Å². The third-order valence-electron chi connectivity index (χ3n) is 6.54. The minimum atomic E-state index is -1.66. The number of hydrogen-bond acceptors (Lipinski definition) is 7. The summed E-state index contributed by atoms with van der Waals surface area (Å²) in [6.07, 6.45) is 2.51. The number of rotatable bonds is 6. The van der Waals surface area contributed by atoms with E-state index >= 15 is 0 Å². The molecule has 0 spiro atoms. The molecule has 9 nitrogen and oxygen atoms in total. The van der Waals surface area contributed by atoms with Crippen LogP contribution in [0.2, 0.25) is 0 Å². The number of carbonyl (C=O) groups excluding carboxylic acids is 3. The molecule has 2 atom stereocenters. The van der Waals surface area contributed by atoms with Crippen molar-refractivity contribution in [1.82, 2.24) is 9.80 Å². The SMILES string of the molecule is COC(=O)/C=C1/C[C@H]2O/C(=C\CN3C(=O)c4ccccc4C3=O)[C@](Cc3ccccc3)(C(=O)O)N12. The number of esters is 1. The lowest BCUT2D eigenvalue weighted by Crippen LogP contribution is -2.59. The zero-order chi connectivity index (χ0) is 24.7. The molecule has 1 N–H and O–H groups in total. The monoisotopic (exact) mass is 474 g/mol. The van der Waals surface area contributed by atoms with Crippen molar-refractivity contribution in [3.05, 3.63) is 94.9 Å². The standard InChI is InChI=1S/C26H22N2O7/c1-34-22(29)14-17-13-21-28(17)26(25(32)33,15-16-7-3-2-4-8-16)20(35-21)11-12-27-23(30)18-9-5-6-10-19(18)24(27)31/h2-11,14,21H,12-13,15H2,1H3,(H,32,33)/b17-14-,20-11-/t21-,26-/m1/s1. The number of ether oxygens (including phenoxy) is 2. The van der Waals surface area contributed by atoms with Crippen LogP contribution in [-0.2, 0) is 25.5 Å². The number of benzene rings is 2. The van der Waals surface area contributed by atoms with Gasteiger partial charge in [0.15, 0.2) is 6.23 Å². The summed E-state index contributed by atoms with van der Waals surface area (Å²) in [6.45, 7) is -0.151. The first-order valence-corrected chi connectivity index (χ1v) is 11.0. The molecule has 2 fully saturated rings. The maximum absolute atomic E-state index is 12.9. The van der Waals surface area contributed by atoms with Gasteiger partial charge in [-0.3, -0.25) is 14.5 Å². The van der Waals surface area contributed by atoms with E-state index in [0.717, 1.165) is 10.5 Å². The smallest absolute Gasteiger partial charge is 0.338 e. The molecule has 2 amide bonds. The Morgan fingerprint density at radius 1 is 1.09 bits per heavy atom. The molecule has 3 aliphatic heterocycles. The number of methoxy groups -OCH3 is 1. The minimum Gasteiger partial charge on any atom is -0.479 e. The third-order valence-corrected chi connectivity index (χ3v) is 6.54. The second-order valence-electron chi connectivity index (χ2n) is 8.47. The van der Waals surface area contributed by atoms with Crippen molar-refractivity contribution in [3.8, 4) is 0 Å². The number of carboxylic acid groups (broad SMARTS) is 1. The zero-order valence-electron chi connectivity index (χ0n) is 18.8. The molecule has 3 heterocycles. The van der Waals surface area contributed by atoms with E-state index in [2.05, 4.69) is 0 Å². The molecule has 0 unspecified atom stereocenters. The third kappa shape index (κ3) is 3.47. The Labute approximate surface area is 200 Å². The van der Waals surface area contributed by atoms with Crippen molar-refractivity contribution >= 4 is 23.8 Å². The highest BCUT2D eigenvalue weighted by molar-refractivity contribution is 6.21. The Balaban J connectivity index is 1.53. The zero-order valence-corrected chi connectivity index (χ0v) is 18.8. The second kappa shape index (κ2) is 8.43. The number of hydrogen-bond donors (Lipinski definition) is 1. The van der Waals surface area contributed by atoms with E-state index in [1.165, 1.54) is 19.3 Å². The molecule has 35 heavy (non-hydrogen) atoms. The quantitative estimate of drug-likeness (QED) is 0.386. The topological polar surface area (TPSA) is 113 Å². The fourth-order valence-corrected chi connectivity index (χ4v) is 4.86. The fourth-order valence-electron chi connectivity index (χ4n) is 4.86. The van der Waals surface area contributed by atoms with Crippen molar-refractivity contribution in [2.75, 3.05) is 13.7 Å². The Morgan fingerprint density at radius 2 is 1.71 bits per heavy atom. The first-order valence-electron chi connectivity index (χ1n) is 11.0. The van der Waals surface area contributed by atoms with E-state index in [4.69, 9.17) is 9.47 Å². The lowest BCUT2D eigenvalue weighted by atomic mass is 9.84. The minimum absolute atomic E-state index is 0.0478. The van der Waals surface area contributed by atoms with Gasteiger partial charge in [0, 0.05) is 24.6 Å². The van der Waals surface area contributed by atoms with Gasteiger partial charge in [0.1, 0.15) is 5.76 Å². The number of fused-ring (bicyclic) bond motifs is 2. The Kier molecular flexibility index (Phi) is 5.39. The predicted octanol–water partition coefficient (Wildman–Crippen LogP) is 2.35. The number of amides is 2. The average Bonchev–Trinajstić information content (AvgIpc) is 3.24. The van der Waals surface area contributed by atoms with E-state index < -0.39 is 35.5 Å². The van der Waals surface area contributed by atoms with Crippen LogP contribution in [0.4, 0.5) is 0 Å². The van der Waals surface area contributed by atoms with Gasteiger partial charge >= 0.3 is 11.9 Å². The number of carbonyl (C=O) groups is 4. The Bertz CT molecular complexity index is 1260. The summed E-state index contributed by atoms with van der Waals surface area (Å²) >= 11 is 0. The molecule has 0 bridgehead atoms. The van der Waals surface area contributed by atoms with Crippen LogP contribution in [0, 0.1) is 0 Å². The molecule has 0 aromatic heterocycles. The number of nitrogens with zero attached hydrogens (tertiary/aromatic N) is 2. The van der Waals surface area contributed by atoms with Crippen LogP contribution in [0.15, 0.2) is 78.2 Å². The molecule has 0 aliphatic carbocycles. The van der Waals surface area contributed by atoms with E-state index in [1.807, 2.05) is 30.3 Å².